The molecule has 2 heterocycles. The molecule has 1 aliphatic heterocycles. The van der Waals surface area contributed by atoms with Gasteiger partial charge in [0.25, 0.3) is 0 Å². The summed E-state index contributed by atoms with van der Waals surface area (Å²) in [5, 5.41) is 3.19. The first-order valence-electron chi connectivity index (χ1n) is 5.83. The van der Waals surface area contributed by atoms with E-state index in [1.165, 1.54) is 6.33 Å². The number of anilines is 1. The number of ether oxygens (including phenoxy) is 1. The maximum absolute atomic E-state index is 11.9. The number of hydrogen-bond acceptors (Lipinski definition) is 6. The Morgan fingerprint density at radius 2 is 2.56 bits per heavy atom. The average molecular weight is 315 g/mol. The fourth-order valence-electron chi connectivity index (χ4n) is 1.92. The number of esters is 1. The minimum absolute atomic E-state index is 0.227. The molecule has 1 aromatic rings. The van der Waals surface area contributed by atoms with E-state index in [9.17, 15) is 4.79 Å². The molecule has 0 aliphatic carbocycles. The van der Waals surface area contributed by atoms with Gasteiger partial charge in [0.15, 0.2) is 0 Å². The lowest BCUT2D eigenvalue weighted by Gasteiger charge is -2.35. The monoisotopic (exact) mass is 314 g/mol. The predicted molar refractivity (Wildman–Crippen MR) is 70.4 cm³/mol. The van der Waals surface area contributed by atoms with E-state index in [-0.39, 0.29) is 12.0 Å². The van der Waals surface area contributed by atoms with Gasteiger partial charge in [0.1, 0.15) is 18.2 Å². The minimum atomic E-state index is -0.343. The molecule has 1 aromatic heterocycles. The van der Waals surface area contributed by atoms with E-state index in [2.05, 4.69) is 31.2 Å². The maximum atomic E-state index is 11.9. The molecule has 0 radical (unpaired) electrons. The van der Waals surface area contributed by atoms with Gasteiger partial charge in [0, 0.05) is 25.8 Å². The van der Waals surface area contributed by atoms with E-state index in [1.54, 1.807) is 13.1 Å². The number of carbonyl (C=O) groups excluding carboxylic acids is 1. The molecule has 0 saturated carbocycles. The van der Waals surface area contributed by atoms with E-state index < -0.39 is 0 Å². The lowest BCUT2D eigenvalue weighted by molar-refractivity contribution is -0.144. The number of carbonyl (C=O) groups is 1. The summed E-state index contributed by atoms with van der Waals surface area (Å²) in [6.07, 6.45) is 3.15. The topological polar surface area (TPSA) is 67.3 Å². The summed E-state index contributed by atoms with van der Waals surface area (Å²) in [7, 11) is 0. The second-order valence-electron chi connectivity index (χ2n) is 3.86. The van der Waals surface area contributed by atoms with Gasteiger partial charge in [0.2, 0.25) is 0 Å². The van der Waals surface area contributed by atoms with Crippen molar-refractivity contribution in [1.29, 1.82) is 0 Å². The van der Waals surface area contributed by atoms with Crippen LogP contribution in [0.4, 0.5) is 5.82 Å². The highest BCUT2D eigenvalue weighted by Gasteiger charge is 2.31. The van der Waals surface area contributed by atoms with Crippen LogP contribution in [0, 0.1) is 0 Å². The van der Waals surface area contributed by atoms with E-state index in [1.807, 2.05) is 4.90 Å². The zero-order valence-electron chi connectivity index (χ0n) is 10.1. The number of halogens is 1. The summed E-state index contributed by atoms with van der Waals surface area (Å²) >= 11 is 3.41. The summed E-state index contributed by atoms with van der Waals surface area (Å²) in [5.41, 5.74) is 0. The molecule has 1 unspecified atom stereocenters. The lowest BCUT2D eigenvalue weighted by atomic mass is 10.2. The summed E-state index contributed by atoms with van der Waals surface area (Å²) in [5.74, 6) is 0.500. The van der Waals surface area contributed by atoms with Crippen LogP contribution in [-0.2, 0) is 9.53 Å². The van der Waals surface area contributed by atoms with E-state index >= 15 is 0 Å². The van der Waals surface area contributed by atoms with E-state index in [0.29, 0.717) is 19.7 Å². The molecular weight excluding hydrogens is 300 g/mol. The first-order valence-corrected chi connectivity index (χ1v) is 6.62. The summed E-state index contributed by atoms with van der Waals surface area (Å²) < 4.78 is 5.87. The number of nitrogens with one attached hydrogen (secondary N) is 1. The van der Waals surface area contributed by atoms with Gasteiger partial charge < -0.3 is 15.0 Å². The molecular formula is C11H15BrN4O2. The molecule has 1 N–H and O–H groups in total. The van der Waals surface area contributed by atoms with Crippen molar-refractivity contribution in [3.8, 4) is 0 Å². The van der Waals surface area contributed by atoms with Crippen LogP contribution in [0.25, 0.3) is 0 Å². The zero-order valence-corrected chi connectivity index (χ0v) is 11.7. The van der Waals surface area contributed by atoms with Gasteiger partial charge in [-0.25, -0.2) is 14.8 Å². The summed E-state index contributed by atoms with van der Waals surface area (Å²) in [6, 6.07) is -0.343. The van der Waals surface area contributed by atoms with Gasteiger partial charge >= 0.3 is 5.97 Å². The van der Waals surface area contributed by atoms with Crippen molar-refractivity contribution in [2.24, 2.45) is 0 Å². The van der Waals surface area contributed by atoms with Gasteiger partial charge in [-0.2, -0.15) is 0 Å². The minimum Gasteiger partial charge on any atom is -0.464 e. The van der Waals surface area contributed by atoms with Crippen molar-refractivity contribution in [2.45, 2.75) is 13.0 Å². The molecule has 7 heteroatoms. The molecule has 98 valence electrons. The normalized spacial score (nSPS) is 19.7. The highest BCUT2D eigenvalue weighted by atomic mass is 79.9. The number of hydrogen-bond donors (Lipinski definition) is 1. The molecule has 1 atom stereocenters. The molecule has 1 fully saturated rings. The van der Waals surface area contributed by atoms with Crippen LogP contribution in [-0.4, -0.2) is 48.2 Å². The van der Waals surface area contributed by atoms with Crippen LogP contribution in [0.5, 0.6) is 0 Å². The fraction of sp³-hybridized carbons (Fsp3) is 0.545. The van der Waals surface area contributed by atoms with Crippen LogP contribution in [0.3, 0.4) is 0 Å². The lowest BCUT2D eigenvalue weighted by Crippen LogP contribution is -2.56. The van der Waals surface area contributed by atoms with Gasteiger partial charge in [-0.3, -0.25) is 0 Å². The Morgan fingerprint density at radius 3 is 3.28 bits per heavy atom. The number of piperazine rings is 1. The van der Waals surface area contributed by atoms with Gasteiger partial charge in [-0.15, -0.1) is 0 Å². The van der Waals surface area contributed by atoms with E-state index in [4.69, 9.17) is 4.74 Å². The fourth-order valence-corrected chi connectivity index (χ4v) is 2.37. The highest BCUT2D eigenvalue weighted by molar-refractivity contribution is 9.10. The largest absolute Gasteiger partial charge is 0.464 e. The van der Waals surface area contributed by atoms with Crippen molar-refractivity contribution in [3.63, 3.8) is 0 Å². The Labute approximate surface area is 114 Å². The summed E-state index contributed by atoms with van der Waals surface area (Å²) in [6.45, 7) is 4.27. The Morgan fingerprint density at radius 1 is 1.72 bits per heavy atom. The SMILES string of the molecule is CCOC(=O)C1CNCCN1c1ncncc1Br. The Hall–Kier alpha value is -1.21. The number of nitrogens with zero attached hydrogens (tertiary/aromatic N) is 3. The molecule has 18 heavy (non-hydrogen) atoms. The smallest absolute Gasteiger partial charge is 0.330 e. The van der Waals surface area contributed by atoms with Crippen molar-refractivity contribution in [2.75, 3.05) is 31.1 Å². The first kappa shape index (κ1) is 13.2. The second kappa shape index (κ2) is 6.10. The highest BCUT2D eigenvalue weighted by Crippen LogP contribution is 2.24. The Bertz CT molecular complexity index is 429. The number of aromatic nitrogens is 2. The molecule has 2 rings (SSSR count). The van der Waals surface area contributed by atoms with Gasteiger partial charge in [-0.05, 0) is 22.9 Å². The molecule has 0 bridgehead atoms. The predicted octanol–water partition coefficient (Wildman–Crippen LogP) is 0.580. The standard InChI is InChI=1S/C11H15BrN4O2/c1-2-18-11(17)9-6-13-3-4-16(9)10-8(12)5-14-7-15-10/h5,7,9,13H,2-4,6H2,1H3. The van der Waals surface area contributed by atoms with Gasteiger partial charge in [0.05, 0.1) is 11.1 Å². The zero-order chi connectivity index (χ0) is 13.0. The molecule has 1 saturated heterocycles. The van der Waals surface area contributed by atoms with Crippen LogP contribution < -0.4 is 10.2 Å². The quantitative estimate of drug-likeness (QED) is 0.823. The summed E-state index contributed by atoms with van der Waals surface area (Å²) in [4.78, 5) is 22.0. The average Bonchev–Trinajstić information content (AvgIpc) is 2.40. The third-order valence-corrected chi connectivity index (χ3v) is 3.28. The van der Waals surface area contributed by atoms with Crippen molar-refractivity contribution in [1.82, 2.24) is 15.3 Å². The molecule has 6 nitrogen and oxygen atoms in total. The number of rotatable bonds is 3. The van der Waals surface area contributed by atoms with Gasteiger partial charge in [-0.1, -0.05) is 0 Å². The van der Waals surface area contributed by atoms with Crippen LogP contribution in [0.2, 0.25) is 0 Å². The van der Waals surface area contributed by atoms with Crippen molar-refractivity contribution >= 4 is 27.7 Å². The molecule has 0 aromatic carbocycles. The third-order valence-electron chi connectivity index (χ3n) is 2.72. The Kier molecular flexibility index (Phi) is 4.48. The molecule has 0 amide bonds. The second-order valence-corrected chi connectivity index (χ2v) is 4.71. The molecule has 0 spiro atoms. The van der Waals surface area contributed by atoms with Crippen LogP contribution >= 0.6 is 15.9 Å². The van der Waals surface area contributed by atoms with Crippen LogP contribution in [0.15, 0.2) is 17.0 Å². The van der Waals surface area contributed by atoms with Crippen molar-refractivity contribution < 1.29 is 9.53 Å². The Balaban J connectivity index is 2.23. The van der Waals surface area contributed by atoms with E-state index in [0.717, 1.165) is 16.8 Å². The molecule has 1 aliphatic rings. The van der Waals surface area contributed by atoms with Crippen LogP contribution in [0.1, 0.15) is 6.92 Å². The first-order chi connectivity index (χ1) is 8.74. The van der Waals surface area contributed by atoms with Crippen molar-refractivity contribution in [3.05, 3.63) is 17.0 Å². The third kappa shape index (κ3) is 2.78. The maximum Gasteiger partial charge on any atom is 0.330 e.